The number of ether oxygens (including phenoxy) is 3. The van der Waals surface area contributed by atoms with E-state index in [-0.39, 0.29) is 12.6 Å². The Labute approximate surface area is 172 Å². The molecule has 2 rings (SSSR count). The van der Waals surface area contributed by atoms with Gasteiger partial charge in [-0.3, -0.25) is 4.79 Å². The molecular weight excluding hydrogens is 398 g/mol. The monoisotopic (exact) mass is 427 g/mol. The fourth-order valence-electron chi connectivity index (χ4n) is 3.46. The molecule has 1 N–H and O–H groups in total. The molecule has 1 amide bonds. The summed E-state index contributed by atoms with van der Waals surface area (Å²) in [5, 5.41) is 3.94. The van der Waals surface area contributed by atoms with Crippen LogP contribution in [0, 0.1) is 0 Å². The summed E-state index contributed by atoms with van der Waals surface area (Å²) < 4.78 is 41.5. The molecular formula is C19H29N3O6S. The number of hydrogen-bond donors (Lipinski definition) is 1. The van der Waals surface area contributed by atoms with Crippen molar-refractivity contribution in [2.75, 3.05) is 34.1 Å². The Kier molecular flexibility index (Phi) is 8.27. The fraction of sp³-hybridized carbons (Fsp3) is 0.579. The molecule has 0 unspecified atom stereocenters. The third kappa shape index (κ3) is 6.07. The molecule has 9 nitrogen and oxygen atoms in total. The van der Waals surface area contributed by atoms with E-state index in [1.165, 1.54) is 31.8 Å². The van der Waals surface area contributed by atoms with E-state index >= 15 is 0 Å². The third-order valence-electron chi connectivity index (χ3n) is 4.83. The zero-order chi connectivity index (χ0) is 21.4. The van der Waals surface area contributed by atoms with Crippen molar-refractivity contribution in [3.8, 4) is 17.2 Å². The maximum atomic E-state index is 12.3. The Morgan fingerprint density at radius 3 is 2.34 bits per heavy atom. The average Bonchev–Trinajstić information content (AvgIpc) is 2.71. The van der Waals surface area contributed by atoms with Crippen molar-refractivity contribution in [3.05, 3.63) is 17.7 Å². The van der Waals surface area contributed by atoms with Gasteiger partial charge in [0.2, 0.25) is 15.8 Å². The van der Waals surface area contributed by atoms with E-state index in [0.29, 0.717) is 22.8 Å². The molecule has 0 aliphatic heterocycles. The van der Waals surface area contributed by atoms with E-state index < -0.39 is 15.9 Å². The van der Waals surface area contributed by atoms with Crippen LogP contribution in [0.25, 0.3) is 0 Å². The van der Waals surface area contributed by atoms with E-state index in [1.54, 1.807) is 12.1 Å². The number of sulfonamides is 1. The van der Waals surface area contributed by atoms with Gasteiger partial charge in [-0.2, -0.15) is 9.41 Å². The van der Waals surface area contributed by atoms with Crippen molar-refractivity contribution in [1.29, 1.82) is 0 Å². The molecule has 0 atom stereocenters. The van der Waals surface area contributed by atoms with Gasteiger partial charge in [-0.15, -0.1) is 0 Å². The van der Waals surface area contributed by atoms with Crippen molar-refractivity contribution >= 4 is 22.1 Å². The van der Waals surface area contributed by atoms with Gasteiger partial charge in [-0.05, 0) is 25.0 Å². The molecule has 10 heteroatoms. The van der Waals surface area contributed by atoms with Gasteiger partial charge in [0.15, 0.2) is 11.5 Å². The van der Waals surface area contributed by atoms with Crippen LogP contribution in [0.15, 0.2) is 17.2 Å². The van der Waals surface area contributed by atoms with Crippen LogP contribution in [0.1, 0.15) is 37.7 Å². The molecule has 0 spiro atoms. The molecule has 1 aromatic rings. The molecule has 0 saturated heterocycles. The number of hydrogen-bond acceptors (Lipinski definition) is 7. The highest BCUT2D eigenvalue weighted by molar-refractivity contribution is 7.88. The predicted molar refractivity (Wildman–Crippen MR) is 110 cm³/mol. The quantitative estimate of drug-likeness (QED) is 0.475. The van der Waals surface area contributed by atoms with Crippen molar-refractivity contribution in [2.45, 2.75) is 38.1 Å². The lowest BCUT2D eigenvalue weighted by molar-refractivity contribution is -0.121. The molecule has 0 heterocycles. The molecule has 1 aliphatic carbocycles. The first-order chi connectivity index (χ1) is 13.8. The van der Waals surface area contributed by atoms with E-state index in [9.17, 15) is 13.2 Å². The van der Waals surface area contributed by atoms with Crippen molar-refractivity contribution in [1.82, 2.24) is 9.73 Å². The average molecular weight is 428 g/mol. The number of methoxy groups -OCH3 is 3. The maximum absolute atomic E-state index is 12.3. The zero-order valence-corrected chi connectivity index (χ0v) is 18.1. The number of hydrazone groups is 1. The molecule has 1 fully saturated rings. The van der Waals surface area contributed by atoms with Gasteiger partial charge in [0, 0.05) is 11.6 Å². The van der Waals surface area contributed by atoms with Crippen LogP contribution in [0.2, 0.25) is 0 Å². The van der Waals surface area contributed by atoms with E-state index in [0.717, 1.165) is 38.4 Å². The summed E-state index contributed by atoms with van der Waals surface area (Å²) >= 11 is 0. The Morgan fingerprint density at radius 1 is 1.14 bits per heavy atom. The normalized spacial score (nSPS) is 15.5. The molecule has 1 aliphatic rings. The smallest absolute Gasteiger partial charge is 0.255 e. The molecule has 162 valence electrons. The molecule has 1 saturated carbocycles. The summed E-state index contributed by atoms with van der Waals surface area (Å²) in [6.45, 7) is -0.260. The number of amides is 1. The minimum atomic E-state index is -3.49. The van der Waals surface area contributed by atoms with Crippen LogP contribution in [0.5, 0.6) is 17.2 Å². The highest BCUT2D eigenvalue weighted by Crippen LogP contribution is 2.38. The van der Waals surface area contributed by atoms with Crippen LogP contribution < -0.4 is 19.6 Å². The summed E-state index contributed by atoms with van der Waals surface area (Å²) in [5.74, 6) is 0.814. The van der Waals surface area contributed by atoms with Gasteiger partial charge in [0.25, 0.3) is 5.91 Å². The summed E-state index contributed by atoms with van der Waals surface area (Å²) in [6.07, 6.45) is 7.11. The van der Waals surface area contributed by atoms with Crippen LogP contribution >= 0.6 is 0 Å². The molecule has 0 bridgehead atoms. The van der Waals surface area contributed by atoms with Gasteiger partial charge in [-0.25, -0.2) is 13.8 Å². The van der Waals surface area contributed by atoms with Crippen LogP contribution in [0.3, 0.4) is 0 Å². The van der Waals surface area contributed by atoms with Crippen LogP contribution in [-0.2, 0) is 14.8 Å². The van der Waals surface area contributed by atoms with Crippen molar-refractivity contribution < 1.29 is 27.4 Å². The lowest BCUT2D eigenvalue weighted by Gasteiger charge is -2.31. The highest BCUT2D eigenvalue weighted by Gasteiger charge is 2.29. The second-order valence-electron chi connectivity index (χ2n) is 6.82. The second-order valence-corrected chi connectivity index (χ2v) is 8.75. The Morgan fingerprint density at radius 2 is 1.79 bits per heavy atom. The maximum Gasteiger partial charge on any atom is 0.255 e. The summed E-state index contributed by atoms with van der Waals surface area (Å²) in [5.41, 5.74) is 2.95. The van der Waals surface area contributed by atoms with Gasteiger partial charge in [-0.1, -0.05) is 19.3 Å². The molecule has 0 radical (unpaired) electrons. The number of benzene rings is 1. The Hall–Kier alpha value is -2.33. The Balaban J connectivity index is 2.08. The number of rotatable bonds is 9. The van der Waals surface area contributed by atoms with Gasteiger partial charge >= 0.3 is 0 Å². The number of carbonyl (C=O) groups is 1. The minimum absolute atomic E-state index is 0.139. The first-order valence-corrected chi connectivity index (χ1v) is 11.2. The number of carbonyl (C=O) groups excluding carboxylic acids is 1. The highest BCUT2D eigenvalue weighted by atomic mass is 32.2. The Bertz CT molecular complexity index is 835. The molecule has 0 aromatic heterocycles. The number of nitrogens with one attached hydrogen (secondary N) is 1. The van der Waals surface area contributed by atoms with Crippen LogP contribution in [0.4, 0.5) is 0 Å². The summed E-state index contributed by atoms with van der Waals surface area (Å²) in [7, 11) is 1.01. The van der Waals surface area contributed by atoms with E-state index in [1.807, 2.05) is 0 Å². The van der Waals surface area contributed by atoms with Gasteiger partial charge in [0.05, 0.1) is 40.3 Å². The minimum Gasteiger partial charge on any atom is -0.493 e. The summed E-state index contributed by atoms with van der Waals surface area (Å²) in [6, 6.07) is 3.26. The third-order valence-corrected chi connectivity index (χ3v) is 6.11. The van der Waals surface area contributed by atoms with E-state index in [4.69, 9.17) is 14.2 Å². The first kappa shape index (κ1) is 23.0. The summed E-state index contributed by atoms with van der Waals surface area (Å²) in [4.78, 5) is 12.3. The fourth-order valence-corrected chi connectivity index (χ4v) is 4.57. The standard InChI is InChI=1S/C19H29N3O6S/c1-26-16-11-10-14(18(27-2)19(16)28-3)12-20-21-17(23)13-22(29(4,24)25)15-8-6-5-7-9-15/h10-12,15H,5-9,13H2,1-4H3,(H,21,23). The molecule has 1 aromatic carbocycles. The lowest BCUT2D eigenvalue weighted by atomic mass is 9.95. The van der Waals surface area contributed by atoms with Gasteiger partial charge in [0.1, 0.15) is 0 Å². The van der Waals surface area contributed by atoms with Crippen molar-refractivity contribution in [2.24, 2.45) is 5.10 Å². The predicted octanol–water partition coefficient (Wildman–Crippen LogP) is 1.76. The zero-order valence-electron chi connectivity index (χ0n) is 17.3. The number of nitrogens with zero attached hydrogens (tertiary/aromatic N) is 2. The largest absolute Gasteiger partial charge is 0.493 e. The van der Waals surface area contributed by atoms with Crippen molar-refractivity contribution in [3.63, 3.8) is 0 Å². The molecule has 29 heavy (non-hydrogen) atoms. The van der Waals surface area contributed by atoms with E-state index in [2.05, 4.69) is 10.5 Å². The SMILES string of the molecule is COc1ccc(C=NNC(=O)CN(C2CCCCC2)S(C)(=O)=O)c(OC)c1OC. The second kappa shape index (κ2) is 10.4. The van der Waals surface area contributed by atoms with Crippen LogP contribution in [-0.4, -0.2) is 65.0 Å². The lowest BCUT2D eigenvalue weighted by Crippen LogP contribution is -2.45. The van der Waals surface area contributed by atoms with Gasteiger partial charge < -0.3 is 14.2 Å². The first-order valence-electron chi connectivity index (χ1n) is 9.39. The topological polar surface area (TPSA) is 107 Å².